The highest BCUT2D eigenvalue weighted by atomic mass is 32.1. The number of carboxylic acids is 1. The molecule has 1 aromatic carbocycles. The Morgan fingerprint density at radius 3 is 2.26 bits per heavy atom. The fraction of sp³-hybridized carbons (Fsp3) is 0.200. The molecule has 2 aromatic rings. The first-order valence-corrected chi connectivity index (χ1v) is 7.41. The molecular formula is C15H12F3NO3S. The van der Waals surface area contributed by atoms with Crippen molar-refractivity contribution in [3.05, 3.63) is 52.2 Å². The van der Waals surface area contributed by atoms with Gasteiger partial charge in [-0.2, -0.15) is 13.2 Å². The highest BCUT2D eigenvalue weighted by Gasteiger charge is 2.42. The Hall–Kier alpha value is -2.35. The maximum atomic E-state index is 12.8. The molecule has 0 unspecified atom stereocenters. The Labute approximate surface area is 133 Å². The van der Waals surface area contributed by atoms with Crippen LogP contribution in [0.2, 0.25) is 0 Å². The molecule has 0 aliphatic carbocycles. The third-order valence-corrected chi connectivity index (χ3v) is 4.01. The van der Waals surface area contributed by atoms with Gasteiger partial charge in [-0.25, -0.2) is 4.79 Å². The number of alkyl halides is 3. The van der Waals surface area contributed by atoms with Crippen LogP contribution in [0.4, 0.5) is 18.9 Å². The summed E-state index contributed by atoms with van der Waals surface area (Å²) in [5.74, 6) is -3.17. The normalized spacial score (nSPS) is 11.3. The van der Waals surface area contributed by atoms with Crippen molar-refractivity contribution in [3.8, 4) is 0 Å². The fourth-order valence-corrected chi connectivity index (χ4v) is 2.66. The van der Waals surface area contributed by atoms with E-state index in [1.54, 1.807) is 17.5 Å². The van der Waals surface area contributed by atoms with Crippen molar-refractivity contribution in [2.75, 3.05) is 11.4 Å². The zero-order chi connectivity index (χ0) is 17.0. The van der Waals surface area contributed by atoms with E-state index >= 15 is 0 Å². The summed E-state index contributed by atoms with van der Waals surface area (Å²) in [7, 11) is 0. The molecule has 0 aliphatic heterocycles. The molecule has 4 nitrogen and oxygen atoms in total. The maximum Gasteiger partial charge on any atom is 0.471 e. The van der Waals surface area contributed by atoms with E-state index < -0.39 is 18.1 Å². The molecule has 122 valence electrons. The first kappa shape index (κ1) is 17.0. The molecule has 0 fully saturated rings. The molecule has 0 aliphatic rings. The highest BCUT2D eigenvalue weighted by Crippen LogP contribution is 2.25. The lowest BCUT2D eigenvalue weighted by molar-refractivity contribution is -0.170. The van der Waals surface area contributed by atoms with Crippen LogP contribution < -0.4 is 4.90 Å². The van der Waals surface area contributed by atoms with Gasteiger partial charge >= 0.3 is 18.1 Å². The van der Waals surface area contributed by atoms with Crippen LogP contribution in [-0.4, -0.2) is 29.7 Å². The quantitative estimate of drug-likeness (QED) is 0.903. The molecule has 0 atom stereocenters. The molecule has 0 saturated heterocycles. The van der Waals surface area contributed by atoms with E-state index in [2.05, 4.69) is 0 Å². The largest absolute Gasteiger partial charge is 0.478 e. The minimum absolute atomic E-state index is 0.00822. The highest BCUT2D eigenvalue weighted by molar-refractivity contribution is 7.09. The first-order chi connectivity index (χ1) is 10.8. The van der Waals surface area contributed by atoms with Crippen molar-refractivity contribution in [2.45, 2.75) is 12.6 Å². The van der Waals surface area contributed by atoms with Crippen LogP contribution in [0.5, 0.6) is 0 Å². The van der Waals surface area contributed by atoms with E-state index in [1.807, 2.05) is 0 Å². The number of thiophene rings is 1. The Bertz CT molecular complexity index is 681. The molecule has 8 heteroatoms. The number of carboxylic acid groups (broad SMARTS) is 1. The van der Waals surface area contributed by atoms with Gasteiger partial charge in [-0.15, -0.1) is 11.3 Å². The molecular weight excluding hydrogens is 331 g/mol. The summed E-state index contributed by atoms with van der Waals surface area (Å²) in [5.41, 5.74) is -0.0553. The van der Waals surface area contributed by atoms with Gasteiger partial charge in [-0.3, -0.25) is 4.79 Å². The van der Waals surface area contributed by atoms with Gasteiger partial charge in [0.2, 0.25) is 0 Å². The number of amides is 1. The molecule has 1 heterocycles. The molecule has 1 amide bonds. The molecule has 0 spiro atoms. The van der Waals surface area contributed by atoms with Gasteiger partial charge in [0.05, 0.1) is 5.56 Å². The lowest BCUT2D eigenvalue weighted by Crippen LogP contribution is -2.42. The van der Waals surface area contributed by atoms with Crippen molar-refractivity contribution < 1.29 is 27.9 Å². The SMILES string of the molecule is O=C(O)c1ccc(N(CCc2cccs2)C(=O)C(F)(F)F)cc1. The van der Waals surface area contributed by atoms with Crippen LogP contribution in [0, 0.1) is 0 Å². The van der Waals surface area contributed by atoms with E-state index in [0.717, 1.165) is 4.88 Å². The summed E-state index contributed by atoms with van der Waals surface area (Å²) in [6.07, 6.45) is -4.72. The first-order valence-electron chi connectivity index (χ1n) is 6.53. The lowest BCUT2D eigenvalue weighted by atomic mass is 10.2. The second kappa shape index (κ2) is 6.82. The molecule has 1 N–H and O–H groups in total. The predicted molar refractivity (Wildman–Crippen MR) is 79.8 cm³/mol. The molecule has 0 bridgehead atoms. The Morgan fingerprint density at radius 2 is 1.78 bits per heavy atom. The number of benzene rings is 1. The number of halogens is 3. The third-order valence-electron chi connectivity index (χ3n) is 3.08. The number of rotatable bonds is 5. The van der Waals surface area contributed by atoms with E-state index in [0.29, 0.717) is 4.90 Å². The van der Waals surface area contributed by atoms with E-state index in [-0.39, 0.29) is 24.2 Å². The van der Waals surface area contributed by atoms with E-state index in [9.17, 15) is 22.8 Å². The monoisotopic (exact) mass is 343 g/mol. The Morgan fingerprint density at radius 1 is 1.13 bits per heavy atom. The van der Waals surface area contributed by atoms with Gasteiger partial charge in [0.25, 0.3) is 0 Å². The van der Waals surface area contributed by atoms with Gasteiger partial charge < -0.3 is 10.0 Å². The second-order valence-corrected chi connectivity index (χ2v) is 5.67. The van der Waals surface area contributed by atoms with Crippen LogP contribution in [0.3, 0.4) is 0 Å². The van der Waals surface area contributed by atoms with Crippen LogP contribution in [0.15, 0.2) is 41.8 Å². The average molecular weight is 343 g/mol. The number of carbonyl (C=O) groups excluding carboxylic acids is 1. The smallest absolute Gasteiger partial charge is 0.471 e. The van der Waals surface area contributed by atoms with Crippen LogP contribution in [0.25, 0.3) is 0 Å². The minimum atomic E-state index is -5.00. The van der Waals surface area contributed by atoms with Gasteiger partial charge in [0.1, 0.15) is 0 Å². The zero-order valence-electron chi connectivity index (χ0n) is 11.7. The zero-order valence-corrected chi connectivity index (χ0v) is 12.5. The number of nitrogens with zero attached hydrogens (tertiary/aromatic N) is 1. The predicted octanol–water partition coefficient (Wildman–Crippen LogP) is 3.58. The van der Waals surface area contributed by atoms with Crippen LogP contribution in [0.1, 0.15) is 15.2 Å². The van der Waals surface area contributed by atoms with E-state index in [4.69, 9.17) is 5.11 Å². The summed E-state index contributed by atoms with van der Waals surface area (Å²) in [5, 5.41) is 10.6. The summed E-state index contributed by atoms with van der Waals surface area (Å²) in [6.45, 7) is -0.148. The van der Waals surface area contributed by atoms with Gasteiger partial charge in [0, 0.05) is 17.1 Å². The summed E-state index contributed by atoms with van der Waals surface area (Å²) in [6, 6.07) is 8.27. The van der Waals surface area contributed by atoms with Crippen molar-refractivity contribution in [3.63, 3.8) is 0 Å². The van der Waals surface area contributed by atoms with Gasteiger partial charge in [0.15, 0.2) is 0 Å². The molecule has 0 radical (unpaired) electrons. The number of anilines is 1. The number of hydrogen-bond donors (Lipinski definition) is 1. The van der Waals surface area contributed by atoms with Gasteiger partial charge in [-0.1, -0.05) is 6.07 Å². The van der Waals surface area contributed by atoms with Crippen LogP contribution >= 0.6 is 11.3 Å². The summed E-state index contributed by atoms with van der Waals surface area (Å²) >= 11 is 1.39. The number of carbonyl (C=O) groups is 2. The summed E-state index contributed by atoms with van der Waals surface area (Å²) < 4.78 is 38.3. The third kappa shape index (κ3) is 4.32. The molecule has 2 rings (SSSR count). The fourth-order valence-electron chi connectivity index (χ4n) is 1.96. The van der Waals surface area contributed by atoms with Crippen molar-refractivity contribution in [1.29, 1.82) is 0 Å². The molecule has 0 saturated carbocycles. The standard InChI is InChI=1S/C15H12F3NO3S/c16-15(17,18)14(22)19(8-7-12-2-1-9-23-12)11-5-3-10(4-6-11)13(20)21/h1-6,9H,7-8H2,(H,20,21). The Balaban J connectivity index is 2.24. The van der Waals surface area contributed by atoms with Crippen molar-refractivity contribution >= 4 is 28.9 Å². The van der Waals surface area contributed by atoms with Crippen molar-refractivity contribution in [2.24, 2.45) is 0 Å². The number of hydrogen-bond acceptors (Lipinski definition) is 3. The van der Waals surface area contributed by atoms with Crippen LogP contribution in [-0.2, 0) is 11.2 Å². The summed E-state index contributed by atoms with van der Waals surface area (Å²) in [4.78, 5) is 23.9. The minimum Gasteiger partial charge on any atom is -0.478 e. The molecule has 1 aromatic heterocycles. The Kier molecular flexibility index (Phi) is 5.05. The van der Waals surface area contributed by atoms with Crippen molar-refractivity contribution in [1.82, 2.24) is 0 Å². The maximum absolute atomic E-state index is 12.8. The van der Waals surface area contributed by atoms with E-state index in [1.165, 1.54) is 35.6 Å². The topological polar surface area (TPSA) is 57.6 Å². The lowest BCUT2D eigenvalue weighted by Gasteiger charge is -2.23. The molecule has 23 heavy (non-hydrogen) atoms. The average Bonchev–Trinajstić information content (AvgIpc) is 3.00. The second-order valence-electron chi connectivity index (χ2n) is 4.64. The number of aromatic carboxylic acids is 1. The van der Waals surface area contributed by atoms with Gasteiger partial charge in [-0.05, 0) is 42.1 Å².